The number of aromatic amines is 3. The van der Waals surface area contributed by atoms with Crippen molar-refractivity contribution in [3.63, 3.8) is 0 Å². The van der Waals surface area contributed by atoms with Gasteiger partial charge >= 0.3 is 0 Å². The van der Waals surface area contributed by atoms with Gasteiger partial charge < -0.3 is 39.0 Å². The number of methoxy groups -OCH3 is 1. The van der Waals surface area contributed by atoms with E-state index in [0.29, 0.717) is 134 Å². The molecule has 12 rings (SSSR count). The van der Waals surface area contributed by atoms with Gasteiger partial charge in [0.25, 0.3) is 28.5 Å². The van der Waals surface area contributed by atoms with E-state index in [0.717, 1.165) is 97.1 Å². The molecule has 2 atom stereocenters. The van der Waals surface area contributed by atoms with Crippen molar-refractivity contribution >= 4 is 50.8 Å². The number of hydrogen-bond acceptors (Lipinski definition) is 20. The average molecular weight is 1440 g/mol. The molecule has 2 unspecified atom stereocenters. The average Bonchev–Trinajstić information content (AvgIpc) is 1.69. The Morgan fingerprint density at radius 1 is 0.495 bits per heavy atom. The normalized spacial score (nSPS) is 14.0. The number of hydrogen-bond donors (Lipinski definition) is 10. The summed E-state index contributed by atoms with van der Waals surface area (Å²) in [4.78, 5) is 96.9. The van der Waals surface area contributed by atoms with Crippen LogP contribution in [0.2, 0.25) is 0 Å². The number of carbonyl (C=O) groups excluding carboxylic acids is 3. The standard InChI is InChI=1S/C26H29N5O5.C25H27N5O5.C25H33N5O4/c1-5-7-19-21-22(31(3)29-19)26(33)28-24(27-21)18-14-17(12-13-20(18)36-6-2)23(35-4)15-8-10-16(11-9-15)25(32)30-34;1-4-6-18-20-21(30(3)28-18)25(33)27-23(26-20)17-13-16(11-12-19(17)35-5-2)22(31)14-7-9-15(10-8-14)24(32)29-34;1-4-6-19-21-22(30(3)28-19)25(32)27-23(26-21)18-14-16(9-12-20(18)34-5-2)13-15-7-10-17(11-8-15)24(31)29-33/h8-14,23,34H,5-7H2,1-4H3,(H,30,32)(H,27,28,33);7-13,22,31,34H,4-6H2,1-3H3,(H,29,32)(H,26,27,33);9,12,14-15,17,33H,4-8,10-11,13H2,1-3H3,(H,29,31)(H,26,27,32). The van der Waals surface area contributed by atoms with E-state index in [4.69, 9.17) is 49.5 Å². The van der Waals surface area contributed by atoms with Gasteiger partial charge in [-0.3, -0.25) is 58.4 Å². The molecule has 5 aromatic carbocycles. The SMILES string of the molecule is CCCc1nn(C)c2c(=O)[nH]c(-c3cc(C(O)c4ccc(C(=O)NO)cc4)ccc3OCC)nc12.CCCc1nn(C)c2c(=O)[nH]c(-c3cc(C(OC)c4ccc(C(=O)NO)cc4)ccc3OCC)nc12.CCCc1nn(C)c2c(=O)[nH]c(-c3cc(CC4CCC(C(=O)NO)CC4)ccc3OCC)nc12. The molecule has 0 aliphatic heterocycles. The Kier molecular flexibility index (Phi) is 25.3. The van der Waals surface area contributed by atoms with E-state index in [2.05, 4.69) is 56.2 Å². The highest BCUT2D eigenvalue weighted by Crippen LogP contribution is 2.38. The fraction of sp³-hybridized carbons (Fsp3) is 0.368. The first-order valence-electron chi connectivity index (χ1n) is 35.1. The van der Waals surface area contributed by atoms with Crippen LogP contribution in [-0.2, 0) is 56.4 Å². The summed E-state index contributed by atoms with van der Waals surface area (Å²) < 4.78 is 28.0. The lowest BCUT2D eigenvalue weighted by Crippen LogP contribution is -2.31. The first-order valence-corrected chi connectivity index (χ1v) is 35.1. The molecular formula is C76H89N15O14. The van der Waals surface area contributed by atoms with Crippen LogP contribution in [0, 0.1) is 11.8 Å². The molecule has 0 bridgehead atoms. The number of fused-ring (bicyclic) bond motifs is 3. The van der Waals surface area contributed by atoms with Gasteiger partial charge in [-0.05, 0) is 167 Å². The zero-order valence-corrected chi connectivity index (χ0v) is 60.4. The largest absolute Gasteiger partial charge is 0.493 e. The van der Waals surface area contributed by atoms with E-state index < -0.39 is 24.0 Å². The highest BCUT2D eigenvalue weighted by molar-refractivity contribution is 5.94. The van der Waals surface area contributed by atoms with E-state index in [1.165, 1.54) is 12.1 Å². The molecular weight excluding hydrogens is 1350 g/mol. The van der Waals surface area contributed by atoms with Crippen LogP contribution in [-0.4, -0.2) is 125 Å². The summed E-state index contributed by atoms with van der Waals surface area (Å²) in [5.41, 5.74) is 15.9. The number of amides is 3. The van der Waals surface area contributed by atoms with Gasteiger partial charge in [-0.15, -0.1) is 0 Å². The van der Waals surface area contributed by atoms with Crippen LogP contribution in [0.1, 0.15) is 164 Å². The Labute approximate surface area is 603 Å². The fourth-order valence-electron chi connectivity index (χ4n) is 13.3. The third-order valence-electron chi connectivity index (χ3n) is 18.3. The molecule has 6 aromatic heterocycles. The number of nitrogens with zero attached hydrogens (tertiary/aromatic N) is 9. The molecule has 0 saturated heterocycles. The lowest BCUT2D eigenvalue weighted by atomic mass is 9.79. The Balaban J connectivity index is 0.000000169. The van der Waals surface area contributed by atoms with Crippen molar-refractivity contribution in [1.82, 2.24) is 75.7 Å². The molecule has 1 aliphatic carbocycles. The minimum absolute atomic E-state index is 0.116. The predicted octanol–water partition coefficient (Wildman–Crippen LogP) is 9.93. The summed E-state index contributed by atoms with van der Waals surface area (Å²) in [6, 6.07) is 29.8. The molecule has 29 nitrogen and oxygen atoms in total. The number of ether oxygens (including phenoxy) is 4. The fourth-order valence-corrected chi connectivity index (χ4v) is 13.3. The number of nitrogens with one attached hydrogen (secondary N) is 6. The number of hydroxylamine groups is 3. The molecule has 6 heterocycles. The van der Waals surface area contributed by atoms with Crippen LogP contribution in [0.5, 0.6) is 17.2 Å². The second kappa shape index (κ2) is 34.8. The third-order valence-corrected chi connectivity index (χ3v) is 18.3. The maximum atomic E-state index is 13.0. The summed E-state index contributed by atoms with van der Waals surface area (Å²) in [7, 11) is 6.82. The van der Waals surface area contributed by atoms with Crippen LogP contribution in [0.25, 0.3) is 67.3 Å². The molecule has 3 amide bonds. The Morgan fingerprint density at radius 3 is 1.25 bits per heavy atom. The molecule has 105 heavy (non-hydrogen) atoms. The zero-order valence-electron chi connectivity index (χ0n) is 60.4. The molecule has 1 fully saturated rings. The van der Waals surface area contributed by atoms with Crippen LogP contribution in [0.15, 0.2) is 118 Å². The second-order valence-corrected chi connectivity index (χ2v) is 25.5. The van der Waals surface area contributed by atoms with E-state index in [1.54, 1.807) is 113 Å². The second-order valence-electron chi connectivity index (χ2n) is 25.5. The van der Waals surface area contributed by atoms with Crippen molar-refractivity contribution < 1.29 is 54.1 Å². The van der Waals surface area contributed by atoms with Crippen molar-refractivity contribution in [3.8, 4) is 51.4 Å². The van der Waals surface area contributed by atoms with Crippen LogP contribution in [0.4, 0.5) is 0 Å². The minimum atomic E-state index is -1.01. The van der Waals surface area contributed by atoms with Crippen LogP contribution in [0.3, 0.4) is 0 Å². The monoisotopic (exact) mass is 1440 g/mol. The Hall–Kier alpha value is -11.2. The number of H-pyrrole nitrogens is 3. The summed E-state index contributed by atoms with van der Waals surface area (Å²) >= 11 is 0. The molecule has 0 radical (unpaired) electrons. The van der Waals surface area contributed by atoms with E-state index in [-0.39, 0.29) is 34.1 Å². The molecule has 1 saturated carbocycles. The number of benzene rings is 5. The van der Waals surface area contributed by atoms with Crippen molar-refractivity contribution in [3.05, 3.63) is 190 Å². The summed E-state index contributed by atoms with van der Waals surface area (Å²) in [5.74, 6) is 1.77. The first-order chi connectivity index (χ1) is 50.7. The van der Waals surface area contributed by atoms with Gasteiger partial charge in [-0.25, -0.2) is 31.4 Å². The number of carbonyl (C=O) groups is 3. The Morgan fingerprint density at radius 2 is 0.867 bits per heavy atom. The van der Waals surface area contributed by atoms with E-state index >= 15 is 0 Å². The third kappa shape index (κ3) is 17.0. The number of aromatic nitrogens is 12. The van der Waals surface area contributed by atoms with Crippen molar-refractivity contribution in [1.29, 1.82) is 0 Å². The van der Waals surface area contributed by atoms with E-state index in [9.17, 15) is 33.9 Å². The van der Waals surface area contributed by atoms with Gasteiger partial charge in [0.05, 0.1) is 53.6 Å². The van der Waals surface area contributed by atoms with Crippen molar-refractivity contribution in [2.45, 2.75) is 124 Å². The van der Waals surface area contributed by atoms with Gasteiger partial charge in [-0.1, -0.05) is 82.5 Å². The highest BCUT2D eigenvalue weighted by atomic mass is 16.5. The molecule has 29 heteroatoms. The summed E-state index contributed by atoms with van der Waals surface area (Å²) in [6.45, 7) is 13.2. The van der Waals surface area contributed by atoms with Gasteiger partial charge in [0, 0.05) is 45.3 Å². The van der Waals surface area contributed by atoms with Gasteiger partial charge in [0.2, 0.25) is 5.91 Å². The summed E-state index contributed by atoms with van der Waals surface area (Å²) in [6.07, 6.45) is 7.60. The maximum absolute atomic E-state index is 13.0. The van der Waals surface area contributed by atoms with Crippen molar-refractivity contribution in [2.24, 2.45) is 33.0 Å². The first kappa shape index (κ1) is 76.4. The quantitative estimate of drug-likeness (QED) is 0.0188. The number of rotatable bonds is 25. The maximum Gasteiger partial charge on any atom is 0.277 e. The van der Waals surface area contributed by atoms with Gasteiger partial charge in [-0.2, -0.15) is 15.3 Å². The van der Waals surface area contributed by atoms with Crippen molar-refractivity contribution in [2.75, 3.05) is 26.9 Å². The highest BCUT2D eigenvalue weighted by Gasteiger charge is 2.28. The van der Waals surface area contributed by atoms with Gasteiger partial charge in [0.1, 0.15) is 63.5 Å². The Bertz CT molecular complexity index is 5090. The number of aliphatic hydroxyl groups is 1. The minimum Gasteiger partial charge on any atom is -0.493 e. The molecule has 11 aromatic rings. The van der Waals surface area contributed by atoms with Crippen LogP contribution >= 0.6 is 0 Å². The molecule has 10 N–H and O–H groups in total. The lowest BCUT2D eigenvalue weighted by molar-refractivity contribution is -0.134. The molecule has 1 aliphatic rings. The number of aryl methyl sites for hydroxylation is 6. The van der Waals surface area contributed by atoms with Gasteiger partial charge in [0.15, 0.2) is 16.6 Å². The zero-order chi connectivity index (χ0) is 75.2. The molecule has 0 spiro atoms. The van der Waals surface area contributed by atoms with E-state index in [1.807, 2.05) is 52.0 Å². The topological polar surface area (TPSA) is 396 Å². The predicted molar refractivity (Wildman–Crippen MR) is 393 cm³/mol. The smallest absolute Gasteiger partial charge is 0.277 e. The number of aliphatic hydroxyl groups excluding tert-OH is 1. The van der Waals surface area contributed by atoms with Crippen LogP contribution < -0.4 is 47.3 Å². The molecule has 552 valence electrons. The lowest BCUT2D eigenvalue weighted by Gasteiger charge is -2.27. The summed E-state index contributed by atoms with van der Waals surface area (Å²) in [5, 5.41) is 51.0.